The Kier molecular flexibility index (Phi) is 4.44. The van der Waals surface area contributed by atoms with Crippen molar-refractivity contribution >= 4 is 17.1 Å². The number of rotatable bonds is 4. The molecule has 1 aliphatic heterocycles. The third kappa shape index (κ3) is 3.10. The molecule has 0 aliphatic carbocycles. The summed E-state index contributed by atoms with van der Waals surface area (Å²) in [6.07, 6.45) is -2.08. The average molecular weight is 372 g/mol. The molecule has 27 heavy (non-hydrogen) atoms. The molecule has 1 aromatic carbocycles. The molecule has 0 amide bonds. The number of esters is 1. The van der Waals surface area contributed by atoms with Crippen molar-refractivity contribution in [3.05, 3.63) is 58.9 Å². The molecule has 0 unspecified atom stereocenters. The smallest absolute Gasteiger partial charge is 0.338 e. The van der Waals surface area contributed by atoms with Crippen LogP contribution < -0.4 is 5.56 Å². The second-order valence-corrected chi connectivity index (χ2v) is 6.07. The number of H-pyrrole nitrogens is 1. The van der Waals surface area contributed by atoms with E-state index in [-0.39, 0.29) is 17.8 Å². The van der Waals surface area contributed by atoms with Gasteiger partial charge in [0.2, 0.25) is 0 Å². The number of nitrogens with zero attached hydrogens (tertiary/aromatic N) is 3. The van der Waals surface area contributed by atoms with Gasteiger partial charge in [-0.1, -0.05) is 18.2 Å². The molecule has 3 aromatic rings. The first-order chi connectivity index (χ1) is 13.1. The highest BCUT2D eigenvalue weighted by molar-refractivity contribution is 5.89. The summed E-state index contributed by atoms with van der Waals surface area (Å²) in [5, 5.41) is 20.6. The Morgan fingerprint density at radius 1 is 1.22 bits per heavy atom. The summed E-state index contributed by atoms with van der Waals surface area (Å²) in [6.45, 7) is -0.247. The fourth-order valence-electron chi connectivity index (χ4n) is 2.96. The molecule has 3 heterocycles. The third-order valence-corrected chi connectivity index (χ3v) is 4.36. The zero-order valence-corrected chi connectivity index (χ0v) is 13.9. The Hall–Kier alpha value is -3.08. The van der Waals surface area contributed by atoms with Crippen molar-refractivity contribution in [3.8, 4) is 0 Å². The van der Waals surface area contributed by atoms with Gasteiger partial charge in [-0.25, -0.2) is 14.8 Å². The van der Waals surface area contributed by atoms with Gasteiger partial charge in [-0.3, -0.25) is 9.36 Å². The summed E-state index contributed by atoms with van der Waals surface area (Å²) in [5.74, 6) is -0.564. The van der Waals surface area contributed by atoms with E-state index >= 15 is 0 Å². The van der Waals surface area contributed by atoms with Crippen LogP contribution in [0.1, 0.15) is 16.6 Å². The van der Waals surface area contributed by atoms with Crippen molar-refractivity contribution in [2.45, 2.75) is 24.5 Å². The van der Waals surface area contributed by atoms with Gasteiger partial charge in [0.05, 0.1) is 18.2 Å². The first kappa shape index (κ1) is 17.3. The first-order valence-corrected chi connectivity index (χ1v) is 8.20. The number of aromatic nitrogens is 4. The number of aliphatic hydroxyl groups excluding tert-OH is 2. The third-order valence-electron chi connectivity index (χ3n) is 4.36. The predicted octanol–water partition coefficient (Wildman–Crippen LogP) is -0.404. The van der Waals surface area contributed by atoms with E-state index in [1.54, 1.807) is 30.3 Å². The second kappa shape index (κ2) is 6.91. The van der Waals surface area contributed by atoms with Gasteiger partial charge in [0, 0.05) is 0 Å². The van der Waals surface area contributed by atoms with Crippen LogP contribution in [0, 0.1) is 0 Å². The molecule has 4 atom stereocenters. The summed E-state index contributed by atoms with van der Waals surface area (Å²) < 4.78 is 12.2. The van der Waals surface area contributed by atoms with Gasteiger partial charge < -0.3 is 24.7 Å². The van der Waals surface area contributed by atoms with E-state index in [9.17, 15) is 19.8 Å². The molecule has 1 aliphatic rings. The van der Waals surface area contributed by atoms with Crippen molar-refractivity contribution in [3.63, 3.8) is 0 Å². The normalized spacial score (nSPS) is 25.0. The number of aromatic amines is 1. The van der Waals surface area contributed by atoms with Crippen molar-refractivity contribution in [2.75, 3.05) is 6.61 Å². The summed E-state index contributed by atoms with van der Waals surface area (Å²) in [4.78, 5) is 34.2. The molecule has 1 saturated heterocycles. The van der Waals surface area contributed by atoms with Crippen LogP contribution in [-0.4, -0.2) is 60.6 Å². The van der Waals surface area contributed by atoms with Crippen LogP contribution in [0.2, 0.25) is 0 Å². The van der Waals surface area contributed by atoms with E-state index in [1.807, 2.05) is 0 Å². The van der Waals surface area contributed by atoms with E-state index in [1.165, 1.54) is 17.2 Å². The zero-order chi connectivity index (χ0) is 19.0. The molecular weight excluding hydrogens is 356 g/mol. The second-order valence-electron chi connectivity index (χ2n) is 6.07. The van der Waals surface area contributed by atoms with Gasteiger partial charge in [0.1, 0.15) is 24.9 Å². The van der Waals surface area contributed by atoms with Crippen LogP contribution in [0.4, 0.5) is 0 Å². The van der Waals surface area contributed by atoms with E-state index < -0.39 is 36.1 Å². The molecule has 0 radical (unpaired) electrons. The van der Waals surface area contributed by atoms with Crippen molar-refractivity contribution in [1.29, 1.82) is 0 Å². The fourth-order valence-corrected chi connectivity index (χ4v) is 2.96. The molecular formula is C17H16N4O6. The average Bonchev–Trinajstić information content (AvgIpc) is 3.23. The lowest BCUT2D eigenvalue weighted by Gasteiger charge is -2.16. The number of benzene rings is 1. The first-order valence-electron chi connectivity index (χ1n) is 8.20. The molecule has 140 valence electrons. The highest BCUT2D eigenvalue weighted by Gasteiger charge is 2.45. The maximum Gasteiger partial charge on any atom is 0.338 e. The molecule has 1 fully saturated rings. The Labute approximate surface area is 152 Å². The predicted molar refractivity (Wildman–Crippen MR) is 90.8 cm³/mol. The van der Waals surface area contributed by atoms with Crippen LogP contribution in [0.3, 0.4) is 0 Å². The van der Waals surface area contributed by atoms with Gasteiger partial charge in [-0.15, -0.1) is 0 Å². The van der Waals surface area contributed by atoms with Gasteiger partial charge in [0.25, 0.3) is 5.56 Å². The minimum absolute atomic E-state index is 0.0849. The lowest BCUT2D eigenvalue weighted by molar-refractivity contribution is -0.0565. The molecule has 2 aromatic heterocycles. The molecule has 10 nitrogen and oxygen atoms in total. The minimum Gasteiger partial charge on any atom is -0.459 e. The molecule has 0 spiro atoms. The van der Waals surface area contributed by atoms with Gasteiger partial charge >= 0.3 is 5.97 Å². The number of ether oxygens (including phenoxy) is 2. The Bertz CT molecular complexity index is 1020. The van der Waals surface area contributed by atoms with Crippen LogP contribution in [-0.2, 0) is 9.47 Å². The van der Waals surface area contributed by atoms with Crippen LogP contribution in [0.5, 0.6) is 0 Å². The number of carbonyl (C=O) groups is 1. The topological polar surface area (TPSA) is 140 Å². The van der Waals surface area contributed by atoms with Crippen LogP contribution in [0.25, 0.3) is 11.2 Å². The minimum atomic E-state index is -1.32. The van der Waals surface area contributed by atoms with Crippen molar-refractivity contribution in [1.82, 2.24) is 19.5 Å². The fraction of sp³-hybridized carbons (Fsp3) is 0.294. The molecule has 0 bridgehead atoms. The van der Waals surface area contributed by atoms with Gasteiger partial charge in [0.15, 0.2) is 17.4 Å². The molecule has 10 heteroatoms. The maximum atomic E-state index is 12.0. The maximum absolute atomic E-state index is 12.0. The lowest BCUT2D eigenvalue weighted by Crippen LogP contribution is -2.34. The number of hydrogen-bond acceptors (Lipinski definition) is 8. The lowest BCUT2D eigenvalue weighted by atomic mass is 10.1. The number of fused-ring (bicyclic) bond motifs is 1. The summed E-state index contributed by atoms with van der Waals surface area (Å²) in [6, 6.07) is 8.39. The van der Waals surface area contributed by atoms with E-state index in [2.05, 4.69) is 15.0 Å². The Balaban J connectivity index is 1.50. The SMILES string of the molecule is O=C(OC[C@@H]1O[C@@H](n2cnc3c(=O)[nH]cnc32)[C@@H](O)[C@@H]1O)c1ccccc1. The summed E-state index contributed by atoms with van der Waals surface area (Å²) in [5.41, 5.74) is 0.227. The van der Waals surface area contributed by atoms with E-state index in [0.717, 1.165) is 0 Å². The van der Waals surface area contributed by atoms with Crippen molar-refractivity contribution < 1.29 is 24.5 Å². The number of hydrogen-bond donors (Lipinski definition) is 3. The van der Waals surface area contributed by atoms with E-state index in [0.29, 0.717) is 5.56 Å². The van der Waals surface area contributed by atoms with Crippen molar-refractivity contribution in [2.24, 2.45) is 0 Å². The molecule has 3 N–H and O–H groups in total. The van der Waals surface area contributed by atoms with Gasteiger partial charge in [-0.05, 0) is 12.1 Å². The number of nitrogens with one attached hydrogen (secondary N) is 1. The number of aliphatic hydroxyl groups is 2. The molecule has 4 rings (SSSR count). The van der Waals surface area contributed by atoms with E-state index in [4.69, 9.17) is 9.47 Å². The Morgan fingerprint density at radius 2 is 2.00 bits per heavy atom. The monoisotopic (exact) mass is 372 g/mol. The molecule has 0 saturated carbocycles. The number of imidazole rings is 1. The highest BCUT2D eigenvalue weighted by Crippen LogP contribution is 2.31. The standard InChI is InChI=1S/C17H16N4O6/c22-12-10(6-26-17(25)9-4-2-1-3-5-9)27-16(13(12)23)21-8-20-11-14(21)18-7-19-15(11)24/h1-5,7-8,10,12-13,16,22-23H,6H2,(H,18,19,24)/t10-,12+,13-,16+/m0/s1. The number of carbonyl (C=O) groups excluding carboxylic acids is 1. The Morgan fingerprint density at radius 3 is 2.78 bits per heavy atom. The highest BCUT2D eigenvalue weighted by atomic mass is 16.6. The largest absolute Gasteiger partial charge is 0.459 e. The van der Waals surface area contributed by atoms with Crippen LogP contribution >= 0.6 is 0 Å². The quantitative estimate of drug-likeness (QED) is 0.526. The summed E-state index contributed by atoms with van der Waals surface area (Å²) >= 11 is 0. The summed E-state index contributed by atoms with van der Waals surface area (Å²) in [7, 11) is 0. The zero-order valence-electron chi connectivity index (χ0n) is 13.9. The van der Waals surface area contributed by atoms with Crippen LogP contribution in [0.15, 0.2) is 47.8 Å². The van der Waals surface area contributed by atoms with Gasteiger partial charge in [-0.2, -0.15) is 0 Å².